The first kappa shape index (κ1) is 16.5. The molecule has 0 bridgehead atoms. The monoisotopic (exact) mass is 311 g/mol. The molecule has 1 N–H and O–H groups in total. The third-order valence-electron chi connectivity index (χ3n) is 4.57. The van der Waals surface area contributed by atoms with Crippen LogP contribution in [0, 0.1) is 18.8 Å². The molecule has 2 rings (SSSR count). The zero-order valence-electron chi connectivity index (χ0n) is 13.2. The van der Waals surface area contributed by atoms with Gasteiger partial charge >= 0.3 is 0 Å². The molecular weight excluding hydrogens is 286 g/mol. The average Bonchev–Trinajstić information content (AvgIpc) is 2.43. The van der Waals surface area contributed by atoms with E-state index in [1.165, 1.54) is 0 Å². The van der Waals surface area contributed by atoms with Crippen molar-refractivity contribution < 1.29 is 13.5 Å². The third-order valence-corrected chi connectivity index (χ3v) is 6.66. The SMILES string of the molecule is Cc1ccc(CO)cc1S(=O)(=O)N1CC(C)CC(C)C1C. The summed E-state index contributed by atoms with van der Waals surface area (Å²) in [4.78, 5) is 0.321. The fourth-order valence-corrected chi connectivity index (χ4v) is 5.25. The molecule has 3 unspecified atom stereocenters. The van der Waals surface area contributed by atoms with E-state index in [-0.39, 0.29) is 12.6 Å². The molecule has 0 spiro atoms. The van der Waals surface area contributed by atoms with E-state index in [9.17, 15) is 13.5 Å². The molecule has 0 saturated carbocycles. The van der Waals surface area contributed by atoms with Gasteiger partial charge in [0.05, 0.1) is 11.5 Å². The second-order valence-electron chi connectivity index (χ2n) is 6.39. The fourth-order valence-electron chi connectivity index (χ4n) is 3.13. The van der Waals surface area contributed by atoms with Crippen LogP contribution in [0.2, 0.25) is 0 Å². The van der Waals surface area contributed by atoms with E-state index >= 15 is 0 Å². The standard InChI is InChI=1S/C16H25NO3S/c1-11-7-13(3)14(4)17(9-11)21(19,20)16-8-15(10-18)6-5-12(16)2/h5-6,8,11,13-14,18H,7,9-10H2,1-4H3. The molecule has 0 aromatic heterocycles. The molecule has 21 heavy (non-hydrogen) atoms. The summed E-state index contributed by atoms with van der Waals surface area (Å²) in [7, 11) is -3.52. The number of sulfonamides is 1. The van der Waals surface area contributed by atoms with Crippen LogP contribution in [-0.2, 0) is 16.6 Å². The van der Waals surface area contributed by atoms with Crippen LogP contribution in [0.25, 0.3) is 0 Å². The molecule has 5 heteroatoms. The summed E-state index contributed by atoms with van der Waals surface area (Å²) >= 11 is 0. The number of aliphatic hydroxyl groups is 1. The Kier molecular flexibility index (Phi) is 4.76. The quantitative estimate of drug-likeness (QED) is 0.933. The normalized spacial score (nSPS) is 27.8. The summed E-state index contributed by atoms with van der Waals surface area (Å²) in [6.07, 6.45) is 1.06. The number of aliphatic hydroxyl groups excluding tert-OH is 1. The first-order chi connectivity index (χ1) is 9.77. The lowest BCUT2D eigenvalue weighted by molar-refractivity contribution is 0.157. The van der Waals surface area contributed by atoms with Crippen molar-refractivity contribution in [1.82, 2.24) is 4.31 Å². The Balaban J connectivity index is 2.46. The minimum Gasteiger partial charge on any atom is -0.392 e. The number of aryl methyl sites for hydroxylation is 1. The van der Waals surface area contributed by atoms with E-state index in [2.05, 4.69) is 13.8 Å². The lowest BCUT2D eigenvalue weighted by atomic mass is 9.88. The van der Waals surface area contributed by atoms with Gasteiger partial charge in [0.15, 0.2) is 0 Å². The highest BCUT2D eigenvalue weighted by Crippen LogP contribution is 2.32. The maximum atomic E-state index is 13.0. The van der Waals surface area contributed by atoms with Gasteiger partial charge in [-0.2, -0.15) is 4.31 Å². The highest BCUT2D eigenvalue weighted by molar-refractivity contribution is 7.89. The lowest BCUT2D eigenvalue weighted by Crippen LogP contribution is -2.48. The zero-order valence-corrected chi connectivity index (χ0v) is 14.0. The largest absolute Gasteiger partial charge is 0.392 e. The number of hydrogen-bond donors (Lipinski definition) is 1. The molecule has 1 fully saturated rings. The molecule has 1 saturated heterocycles. The van der Waals surface area contributed by atoms with E-state index in [1.807, 2.05) is 6.92 Å². The number of piperidine rings is 1. The van der Waals surface area contributed by atoms with E-state index in [0.717, 1.165) is 12.0 Å². The Morgan fingerprint density at radius 2 is 1.95 bits per heavy atom. The molecular formula is C16H25NO3S. The molecule has 1 aromatic rings. The number of hydrogen-bond acceptors (Lipinski definition) is 3. The smallest absolute Gasteiger partial charge is 0.243 e. The summed E-state index contributed by atoms with van der Waals surface area (Å²) in [6, 6.07) is 5.13. The third kappa shape index (κ3) is 3.15. The summed E-state index contributed by atoms with van der Waals surface area (Å²) < 4.78 is 27.7. The molecule has 118 valence electrons. The van der Waals surface area contributed by atoms with Gasteiger partial charge in [-0.05, 0) is 49.3 Å². The van der Waals surface area contributed by atoms with Crippen LogP contribution in [0.5, 0.6) is 0 Å². The topological polar surface area (TPSA) is 57.6 Å². The molecule has 4 nitrogen and oxygen atoms in total. The predicted molar refractivity (Wildman–Crippen MR) is 83.4 cm³/mol. The summed E-state index contributed by atoms with van der Waals surface area (Å²) in [5, 5.41) is 9.26. The van der Waals surface area contributed by atoms with Gasteiger partial charge in [0, 0.05) is 12.6 Å². The summed E-state index contributed by atoms with van der Waals surface area (Å²) in [5.41, 5.74) is 1.36. The van der Waals surface area contributed by atoms with Crippen LogP contribution in [0.1, 0.15) is 38.3 Å². The first-order valence-electron chi connectivity index (χ1n) is 7.49. The Hall–Kier alpha value is -0.910. The fraction of sp³-hybridized carbons (Fsp3) is 0.625. The summed E-state index contributed by atoms with van der Waals surface area (Å²) in [5.74, 6) is 0.720. The highest BCUT2D eigenvalue weighted by Gasteiger charge is 2.37. The van der Waals surface area contributed by atoms with Gasteiger partial charge in [-0.3, -0.25) is 0 Å². The Morgan fingerprint density at radius 3 is 2.57 bits per heavy atom. The zero-order chi connectivity index (χ0) is 15.8. The van der Waals surface area contributed by atoms with Crippen molar-refractivity contribution in [1.29, 1.82) is 0 Å². The number of rotatable bonds is 3. The van der Waals surface area contributed by atoms with Crippen LogP contribution in [0.3, 0.4) is 0 Å². The Bertz CT molecular complexity index is 612. The second-order valence-corrected chi connectivity index (χ2v) is 8.25. The molecule has 0 aliphatic carbocycles. The molecule has 0 amide bonds. The summed E-state index contributed by atoms with van der Waals surface area (Å²) in [6.45, 7) is 8.42. The maximum Gasteiger partial charge on any atom is 0.243 e. The van der Waals surface area contributed by atoms with Gasteiger partial charge in [-0.1, -0.05) is 26.0 Å². The van der Waals surface area contributed by atoms with Crippen molar-refractivity contribution >= 4 is 10.0 Å². The minimum absolute atomic E-state index is 0.00313. The van der Waals surface area contributed by atoms with Gasteiger partial charge in [-0.15, -0.1) is 0 Å². The van der Waals surface area contributed by atoms with E-state index in [0.29, 0.717) is 28.8 Å². The Labute approximate surface area is 127 Å². The van der Waals surface area contributed by atoms with Gasteiger partial charge < -0.3 is 5.11 Å². The molecule has 0 radical (unpaired) electrons. The van der Waals surface area contributed by atoms with Crippen molar-refractivity contribution in [2.75, 3.05) is 6.54 Å². The predicted octanol–water partition coefficient (Wildman–Crippen LogP) is 2.54. The van der Waals surface area contributed by atoms with Crippen molar-refractivity contribution in [3.63, 3.8) is 0 Å². The van der Waals surface area contributed by atoms with Crippen molar-refractivity contribution in [2.24, 2.45) is 11.8 Å². The Morgan fingerprint density at radius 1 is 1.29 bits per heavy atom. The number of benzene rings is 1. The number of nitrogens with zero attached hydrogens (tertiary/aromatic N) is 1. The van der Waals surface area contributed by atoms with Crippen LogP contribution in [0.15, 0.2) is 23.1 Å². The van der Waals surface area contributed by atoms with Gasteiger partial charge in [0.25, 0.3) is 0 Å². The van der Waals surface area contributed by atoms with Crippen molar-refractivity contribution in [2.45, 2.75) is 51.7 Å². The maximum absolute atomic E-state index is 13.0. The van der Waals surface area contributed by atoms with Gasteiger partial charge in [0.1, 0.15) is 0 Å². The van der Waals surface area contributed by atoms with Crippen LogP contribution in [0.4, 0.5) is 0 Å². The molecule has 1 aliphatic rings. The van der Waals surface area contributed by atoms with Crippen LogP contribution >= 0.6 is 0 Å². The molecule has 1 aromatic carbocycles. The van der Waals surface area contributed by atoms with E-state index < -0.39 is 10.0 Å². The second kappa shape index (κ2) is 6.07. The van der Waals surface area contributed by atoms with Crippen LogP contribution < -0.4 is 0 Å². The van der Waals surface area contributed by atoms with Crippen molar-refractivity contribution in [3.05, 3.63) is 29.3 Å². The van der Waals surface area contributed by atoms with Gasteiger partial charge in [0.2, 0.25) is 10.0 Å². The average molecular weight is 311 g/mol. The van der Waals surface area contributed by atoms with E-state index in [4.69, 9.17) is 0 Å². The van der Waals surface area contributed by atoms with Crippen molar-refractivity contribution in [3.8, 4) is 0 Å². The molecule has 3 atom stereocenters. The lowest BCUT2D eigenvalue weighted by Gasteiger charge is -2.40. The first-order valence-corrected chi connectivity index (χ1v) is 8.93. The minimum atomic E-state index is -3.52. The highest BCUT2D eigenvalue weighted by atomic mass is 32.2. The molecule has 1 heterocycles. The molecule has 1 aliphatic heterocycles. The van der Waals surface area contributed by atoms with Gasteiger partial charge in [-0.25, -0.2) is 8.42 Å². The van der Waals surface area contributed by atoms with Crippen LogP contribution in [-0.4, -0.2) is 30.4 Å². The van der Waals surface area contributed by atoms with E-state index in [1.54, 1.807) is 29.4 Å².